The molecule has 188 valence electrons. The molecule has 12 heteroatoms. The average molecular weight is 499 g/mol. The number of nitrogens with one attached hydrogen (secondary N) is 3. The van der Waals surface area contributed by atoms with Crippen LogP contribution in [0.4, 0.5) is 36.3 Å². The van der Waals surface area contributed by atoms with Crippen LogP contribution >= 0.6 is 0 Å². The molecule has 4 rings (SSSR count). The van der Waals surface area contributed by atoms with Crippen LogP contribution in [0, 0.1) is 6.92 Å². The van der Waals surface area contributed by atoms with Crippen molar-refractivity contribution in [1.29, 1.82) is 0 Å². The molecule has 0 saturated heterocycles. The van der Waals surface area contributed by atoms with Crippen molar-refractivity contribution >= 4 is 40.1 Å². The van der Waals surface area contributed by atoms with Crippen LogP contribution in [-0.2, 0) is 18.0 Å². The number of aromatic nitrogens is 4. The van der Waals surface area contributed by atoms with Crippen LogP contribution in [0.25, 0.3) is 11.0 Å². The predicted octanol–water partition coefficient (Wildman–Crippen LogP) is 4.74. The van der Waals surface area contributed by atoms with Gasteiger partial charge < -0.3 is 20.7 Å². The number of anilines is 4. The second-order valence-electron chi connectivity index (χ2n) is 8.01. The molecular formula is C24H24F3N7O2. The van der Waals surface area contributed by atoms with Crippen LogP contribution in [0.5, 0.6) is 0 Å². The number of benzene rings is 2. The predicted molar refractivity (Wildman–Crippen MR) is 131 cm³/mol. The lowest BCUT2D eigenvalue weighted by atomic mass is 10.1. The van der Waals surface area contributed by atoms with E-state index in [1.165, 1.54) is 12.1 Å². The number of carbonyl (C=O) groups is 1. The molecule has 3 N–H and O–H groups in total. The van der Waals surface area contributed by atoms with Crippen molar-refractivity contribution in [2.75, 3.05) is 36.2 Å². The van der Waals surface area contributed by atoms with Crippen molar-refractivity contribution in [3.63, 3.8) is 0 Å². The van der Waals surface area contributed by atoms with Gasteiger partial charge in [0.1, 0.15) is 0 Å². The second kappa shape index (κ2) is 10.2. The maximum Gasteiger partial charge on any atom is 0.416 e. The number of carbonyl (C=O) groups excluding carboxylic acids is 1. The molecule has 2 aromatic carbocycles. The second-order valence-corrected chi connectivity index (χ2v) is 8.01. The van der Waals surface area contributed by atoms with Gasteiger partial charge in [0.25, 0.3) is 5.91 Å². The molecule has 0 aliphatic rings. The molecule has 9 nitrogen and oxygen atoms in total. The van der Waals surface area contributed by atoms with Crippen molar-refractivity contribution < 1.29 is 22.7 Å². The smallest absolute Gasteiger partial charge is 0.383 e. The zero-order valence-electron chi connectivity index (χ0n) is 19.8. The van der Waals surface area contributed by atoms with Gasteiger partial charge in [-0.2, -0.15) is 23.3 Å². The summed E-state index contributed by atoms with van der Waals surface area (Å²) in [5, 5.41) is 14.1. The van der Waals surface area contributed by atoms with Crippen LogP contribution in [-0.4, -0.2) is 45.9 Å². The molecule has 2 aromatic heterocycles. The molecule has 2 heterocycles. The summed E-state index contributed by atoms with van der Waals surface area (Å²) in [6, 6.07) is 9.41. The first kappa shape index (κ1) is 24.9. The third-order valence-electron chi connectivity index (χ3n) is 5.37. The highest BCUT2D eigenvalue weighted by Crippen LogP contribution is 2.31. The van der Waals surface area contributed by atoms with Gasteiger partial charge in [-0.3, -0.25) is 4.79 Å². The van der Waals surface area contributed by atoms with Crippen LogP contribution in [0.1, 0.15) is 21.5 Å². The van der Waals surface area contributed by atoms with Gasteiger partial charge in [-0.1, -0.05) is 12.1 Å². The Morgan fingerprint density at radius 3 is 2.72 bits per heavy atom. The van der Waals surface area contributed by atoms with E-state index in [9.17, 15) is 18.0 Å². The first-order valence-electron chi connectivity index (χ1n) is 10.9. The van der Waals surface area contributed by atoms with Crippen molar-refractivity contribution in [1.82, 2.24) is 19.7 Å². The normalized spacial score (nSPS) is 11.5. The molecule has 0 radical (unpaired) electrons. The molecule has 0 saturated carbocycles. The Labute approximate surface area is 204 Å². The van der Waals surface area contributed by atoms with Gasteiger partial charge in [-0.15, -0.1) is 0 Å². The summed E-state index contributed by atoms with van der Waals surface area (Å²) in [7, 11) is 3.37. The molecule has 4 aromatic rings. The van der Waals surface area contributed by atoms with E-state index in [4.69, 9.17) is 4.74 Å². The summed E-state index contributed by atoms with van der Waals surface area (Å²) < 4.78 is 45.6. The lowest BCUT2D eigenvalue weighted by molar-refractivity contribution is -0.137. The molecule has 0 unspecified atom stereocenters. The summed E-state index contributed by atoms with van der Waals surface area (Å²) in [5.41, 5.74) is 1.56. The maximum absolute atomic E-state index is 13.0. The molecule has 36 heavy (non-hydrogen) atoms. The van der Waals surface area contributed by atoms with Crippen LogP contribution < -0.4 is 16.0 Å². The quantitative estimate of drug-likeness (QED) is 0.301. The van der Waals surface area contributed by atoms with E-state index in [2.05, 4.69) is 31.0 Å². The fraction of sp³-hybridized carbons (Fsp3) is 0.250. The Balaban J connectivity index is 1.54. The molecule has 1 amide bonds. The van der Waals surface area contributed by atoms with E-state index in [1.807, 2.05) is 6.92 Å². The number of amides is 1. The number of nitrogens with zero attached hydrogens (tertiary/aromatic N) is 4. The molecule has 0 aliphatic heterocycles. The highest BCUT2D eigenvalue weighted by molar-refractivity contribution is 6.04. The minimum Gasteiger partial charge on any atom is -0.383 e. The fourth-order valence-corrected chi connectivity index (χ4v) is 3.48. The zero-order chi connectivity index (χ0) is 25.9. The van der Waals surface area contributed by atoms with E-state index in [1.54, 1.807) is 43.2 Å². The Morgan fingerprint density at radius 1 is 1.17 bits per heavy atom. The standard InChI is InChI=1S/C24H24F3N7O2/c1-14-7-8-17(30-22(35)15-5-4-6-16(11-15)24(25,26)27)12-19(14)31-20-18-13-29-23(28-9-10-36-3)32-21(18)34(2)33-20/h4-8,11-13H,9-10H2,1-3H3,(H,30,35)(H,31,33)(H,28,29,32). The number of alkyl halides is 3. The lowest BCUT2D eigenvalue weighted by Gasteiger charge is -2.12. The molecule has 0 bridgehead atoms. The van der Waals surface area contributed by atoms with Gasteiger partial charge in [0, 0.05) is 43.8 Å². The van der Waals surface area contributed by atoms with Gasteiger partial charge in [-0.05, 0) is 42.8 Å². The topological polar surface area (TPSA) is 106 Å². The van der Waals surface area contributed by atoms with Gasteiger partial charge >= 0.3 is 6.18 Å². The number of ether oxygens (including phenoxy) is 1. The van der Waals surface area contributed by atoms with E-state index < -0.39 is 17.6 Å². The van der Waals surface area contributed by atoms with E-state index in [0.29, 0.717) is 47.3 Å². The highest BCUT2D eigenvalue weighted by Gasteiger charge is 2.30. The first-order valence-corrected chi connectivity index (χ1v) is 10.9. The number of methoxy groups -OCH3 is 1. The zero-order valence-corrected chi connectivity index (χ0v) is 19.8. The average Bonchev–Trinajstić information content (AvgIpc) is 3.15. The minimum absolute atomic E-state index is 0.0947. The lowest BCUT2D eigenvalue weighted by Crippen LogP contribution is -2.14. The van der Waals surface area contributed by atoms with Crippen LogP contribution in [0.3, 0.4) is 0 Å². The highest BCUT2D eigenvalue weighted by atomic mass is 19.4. The van der Waals surface area contributed by atoms with Crippen LogP contribution in [0.15, 0.2) is 48.7 Å². The summed E-state index contributed by atoms with van der Waals surface area (Å²) in [6.45, 7) is 2.95. The molecule has 0 aliphatic carbocycles. The maximum atomic E-state index is 13.0. The SMILES string of the molecule is COCCNc1ncc2c(Nc3cc(NC(=O)c4cccc(C(F)(F)F)c4)ccc3C)nn(C)c2n1. The van der Waals surface area contributed by atoms with Gasteiger partial charge in [0.05, 0.1) is 17.6 Å². The summed E-state index contributed by atoms with van der Waals surface area (Å²) in [4.78, 5) is 21.4. The number of rotatable bonds is 8. The number of halogens is 3. The largest absolute Gasteiger partial charge is 0.416 e. The monoisotopic (exact) mass is 499 g/mol. The Morgan fingerprint density at radius 2 is 1.97 bits per heavy atom. The number of hydrogen-bond donors (Lipinski definition) is 3. The third kappa shape index (κ3) is 5.54. The van der Waals surface area contributed by atoms with E-state index in [-0.39, 0.29) is 5.56 Å². The van der Waals surface area contributed by atoms with Crippen molar-refractivity contribution in [3.05, 3.63) is 65.4 Å². The van der Waals surface area contributed by atoms with Gasteiger partial charge in [0.2, 0.25) is 5.95 Å². The van der Waals surface area contributed by atoms with Gasteiger partial charge in [-0.25, -0.2) is 9.67 Å². The van der Waals surface area contributed by atoms with Crippen molar-refractivity contribution in [2.24, 2.45) is 7.05 Å². The van der Waals surface area contributed by atoms with E-state index in [0.717, 1.165) is 17.7 Å². The van der Waals surface area contributed by atoms with Crippen LogP contribution in [0.2, 0.25) is 0 Å². The number of aryl methyl sites for hydroxylation is 2. The number of fused-ring (bicyclic) bond motifs is 1. The molecule has 0 atom stereocenters. The number of hydrogen-bond acceptors (Lipinski definition) is 7. The third-order valence-corrected chi connectivity index (χ3v) is 5.37. The summed E-state index contributed by atoms with van der Waals surface area (Å²) in [6.07, 6.45) is -2.88. The molecular weight excluding hydrogens is 475 g/mol. The first-order chi connectivity index (χ1) is 17.2. The van der Waals surface area contributed by atoms with E-state index >= 15 is 0 Å². The van der Waals surface area contributed by atoms with Crippen molar-refractivity contribution in [2.45, 2.75) is 13.1 Å². The Hall–Kier alpha value is -4.19. The Bertz CT molecular complexity index is 1400. The molecule has 0 spiro atoms. The molecule has 0 fully saturated rings. The van der Waals surface area contributed by atoms with Crippen molar-refractivity contribution in [3.8, 4) is 0 Å². The Kier molecular flexibility index (Phi) is 7.06. The minimum atomic E-state index is -4.53. The van der Waals surface area contributed by atoms with Gasteiger partial charge in [0.15, 0.2) is 11.5 Å². The summed E-state index contributed by atoms with van der Waals surface area (Å²) >= 11 is 0. The summed E-state index contributed by atoms with van der Waals surface area (Å²) in [5.74, 6) is 0.311. The fourth-order valence-electron chi connectivity index (χ4n) is 3.48.